The number of hydrogen-bond acceptors (Lipinski definition) is 3. The molecule has 0 aromatic heterocycles. The van der Waals surface area contributed by atoms with Crippen molar-refractivity contribution in [2.24, 2.45) is 11.1 Å². The highest BCUT2D eigenvalue weighted by molar-refractivity contribution is 6.34. The summed E-state index contributed by atoms with van der Waals surface area (Å²) in [6.07, 6.45) is 1.01. The van der Waals surface area contributed by atoms with E-state index in [9.17, 15) is 4.79 Å². The van der Waals surface area contributed by atoms with Gasteiger partial charge in [-0.3, -0.25) is 4.79 Å². The van der Waals surface area contributed by atoms with E-state index in [2.05, 4.69) is 19.0 Å². The average Bonchev–Trinajstić information content (AvgIpc) is 3.10. The highest BCUT2D eigenvalue weighted by Gasteiger charge is 2.27. The van der Waals surface area contributed by atoms with Gasteiger partial charge >= 0.3 is 0 Å². The zero-order chi connectivity index (χ0) is 19.2. The summed E-state index contributed by atoms with van der Waals surface area (Å²) >= 11 is 6.27. The van der Waals surface area contributed by atoms with Gasteiger partial charge in [0, 0.05) is 30.0 Å². The molecule has 0 unspecified atom stereocenters. The zero-order valence-corrected chi connectivity index (χ0v) is 16.5. The maximum atomic E-state index is 12.8. The summed E-state index contributed by atoms with van der Waals surface area (Å²) < 4.78 is 0. The van der Waals surface area contributed by atoms with E-state index in [0.29, 0.717) is 36.9 Å². The van der Waals surface area contributed by atoms with Crippen molar-refractivity contribution in [2.75, 3.05) is 6.54 Å². The molecule has 0 saturated heterocycles. The van der Waals surface area contributed by atoms with E-state index in [1.54, 1.807) is 0 Å². The molecule has 0 fully saturated rings. The van der Waals surface area contributed by atoms with Gasteiger partial charge in [0.15, 0.2) is 6.10 Å². The van der Waals surface area contributed by atoms with E-state index < -0.39 is 0 Å². The van der Waals surface area contributed by atoms with Gasteiger partial charge in [-0.1, -0.05) is 79.1 Å². The van der Waals surface area contributed by atoms with Gasteiger partial charge < -0.3 is 9.74 Å². The molecule has 0 spiro atoms. The molecule has 5 heteroatoms. The fraction of sp³-hybridized carbons (Fsp3) is 0.364. The fourth-order valence-corrected chi connectivity index (χ4v) is 3.41. The molecule has 0 N–H and O–H groups in total. The van der Waals surface area contributed by atoms with Gasteiger partial charge in [0.05, 0.1) is 12.3 Å². The van der Waals surface area contributed by atoms with Crippen LogP contribution < -0.4 is 0 Å². The quantitative estimate of drug-likeness (QED) is 0.680. The largest absolute Gasteiger partial charge is 0.390 e. The normalized spacial score (nSPS) is 16.1. The predicted molar refractivity (Wildman–Crippen MR) is 109 cm³/mol. The van der Waals surface area contributed by atoms with Crippen molar-refractivity contribution in [2.45, 2.75) is 39.3 Å². The number of carbonyl (C=O) groups is 1. The zero-order valence-electron chi connectivity index (χ0n) is 15.8. The molecular formula is C22H25ClN2O2. The van der Waals surface area contributed by atoms with Gasteiger partial charge in [0.2, 0.25) is 5.91 Å². The molecule has 1 aliphatic rings. The Bertz CT molecular complexity index is 805. The summed E-state index contributed by atoms with van der Waals surface area (Å²) in [4.78, 5) is 20.3. The topological polar surface area (TPSA) is 41.9 Å². The molecule has 2 aromatic rings. The molecule has 3 rings (SSSR count). The molecule has 142 valence electrons. The van der Waals surface area contributed by atoms with E-state index in [0.717, 1.165) is 16.8 Å². The second kappa shape index (κ2) is 9.05. The van der Waals surface area contributed by atoms with E-state index in [-0.39, 0.29) is 12.0 Å². The van der Waals surface area contributed by atoms with Crippen LogP contribution in [0.2, 0.25) is 5.02 Å². The number of benzene rings is 2. The Morgan fingerprint density at radius 1 is 1.19 bits per heavy atom. The summed E-state index contributed by atoms with van der Waals surface area (Å²) in [7, 11) is 0. The van der Waals surface area contributed by atoms with Crippen LogP contribution in [-0.4, -0.2) is 29.2 Å². The third-order valence-electron chi connectivity index (χ3n) is 4.49. The highest BCUT2D eigenvalue weighted by atomic mass is 35.5. The maximum Gasteiger partial charge on any atom is 0.223 e. The van der Waals surface area contributed by atoms with Crippen molar-refractivity contribution in [3.05, 3.63) is 70.7 Å². The average molecular weight is 385 g/mol. The number of halogens is 1. The Labute approximate surface area is 165 Å². The molecule has 1 atom stereocenters. The molecule has 0 saturated carbocycles. The second-order valence-electron chi connectivity index (χ2n) is 7.31. The summed E-state index contributed by atoms with van der Waals surface area (Å²) in [6.45, 7) is 5.21. The Hall–Kier alpha value is -2.33. The van der Waals surface area contributed by atoms with Crippen LogP contribution in [0.15, 0.2) is 59.8 Å². The minimum Gasteiger partial charge on any atom is -0.390 e. The predicted octanol–water partition coefficient (Wildman–Crippen LogP) is 4.91. The van der Waals surface area contributed by atoms with E-state index in [1.807, 2.05) is 59.5 Å². The number of carbonyl (C=O) groups excluding carboxylic acids is 1. The highest BCUT2D eigenvalue weighted by Crippen LogP contribution is 2.24. The van der Waals surface area contributed by atoms with E-state index >= 15 is 0 Å². The van der Waals surface area contributed by atoms with Crippen LogP contribution in [0.25, 0.3) is 0 Å². The second-order valence-corrected chi connectivity index (χ2v) is 7.71. The van der Waals surface area contributed by atoms with Gasteiger partial charge in [0.1, 0.15) is 0 Å². The summed E-state index contributed by atoms with van der Waals surface area (Å²) in [6, 6.07) is 17.7. The van der Waals surface area contributed by atoms with Gasteiger partial charge in [0.25, 0.3) is 0 Å². The molecule has 1 aliphatic heterocycles. The lowest BCUT2D eigenvalue weighted by Crippen LogP contribution is -2.37. The van der Waals surface area contributed by atoms with E-state index in [1.165, 1.54) is 0 Å². The third kappa shape index (κ3) is 5.33. The molecule has 2 aromatic carbocycles. The van der Waals surface area contributed by atoms with Crippen LogP contribution >= 0.6 is 11.6 Å². The van der Waals surface area contributed by atoms with Crippen LogP contribution in [0.4, 0.5) is 0 Å². The molecule has 0 radical (unpaired) electrons. The monoisotopic (exact) mass is 384 g/mol. The van der Waals surface area contributed by atoms with Crippen molar-refractivity contribution in [3.8, 4) is 0 Å². The summed E-state index contributed by atoms with van der Waals surface area (Å²) in [5.74, 6) is 0.457. The van der Waals surface area contributed by atoms with Crippen molar-refractivity contribution in [3.63, 3.8) is 0 Å². The summed E-state index contributed by atoms with van der Waals surface area (Å²) in [5.41, 5.74) is 2.84. The summed E-state index contributed by atoms with van der Waals surface area (Å²) in [5, 5.41) is 4.89. The standard InChI is InChI=1S/C22H25ClN2O2/c1-16(2)12-22(26)25(14-17-8-4-3-5-9-17)15-18-13-21(24-27-18)19-10-6-7-11-20(19)23/h3-11,16,18H,12-15H2,1-2H3/t18-/m0/s1. The third-order valence-corrected chi connectivity index (χ3v) is 4.82. The van der Waals surface area contributed by atoms with Crippen molar-refractivity contribution < 1.29 is 9.63 Å². The number of amides is 1. The Morgan fingerprint density at radius 2 is 1.89 bits per heavy atom. The molecule has 0 aliphatic carbocycles. The maximum absolute atomic E-state index is 12.8. The number of oxime groups is 1. The number of hydrogen-bond donors (Lipinski definition) is 0. The van der Waals surface area contributed by atoms with E-state index in [4.69, 9.17) is 16.4 Å². The number of nitrogens with zero attached hydrogens (tertiary/aromatic N) is 2. The minimum absolute atomic E-state index is 0.142. The smallest absolute Gasteiger partial charge is 0.223 e. The Kier molecular flexibility index (Phi) is 6.51. The van der Waals surface area contributed by atoms with Gasteiger partial charge in [-0.25, -0.2) is 0 Å². The van der Waals surface area contributed by atoms with Gasteiger partial charge in [-0.05, 0) is 17.5 Å². The van der Waals surface area contributed by atoms with Crippen LogP contribution in [0.1, 0.15) is 37.8 Å². The first kappa shape index (κ1) is 19.4. The van der Waals surface area contributed by atoms with Crippen molar-refractivity contribution in [1.29, 1.82) is 0 Å². The Morgan fingerprint density at radius 3 is 2.59 bits per heavy atom. The lowest BCUT2D eigenvalue weighted by molar-refractivity contribution is -0.134. The first-order valence-corrected chi connectivity index (χ1v) is 9.70. The minimum atomic E-state index is -0.156. The fourth-order valence-electron chi connectivity index (χ4n) is 3.16. The van der Waals surface area contributed by atoms with Crippen LogP contribution in [0.5, 0.6) is 0 Å². The first-order chi connectivity index (χ1) is 13.0. The van der Waals surface area contributed by atoms with Gasteiger partial charge in [-0.2, -0.15) is 0 Å². The van der Waals surface area contributed by atoms with Crippen LogP contribution in [0.3, 0.4) is 0 Å². The number of rotatable bonds is 7. The molecule has 27 heavy (non-hydrogen) atoms. The molecule has 1 amide bonds. The van der Waals surface area contributed by atoms with Crippen molar-refractivity contribution >= 4 is 23.2 Å². The molecular weight excluding hydrogens is 360 g/mol. The molecule has 0 bridgehead atoms. The van der Waals surface area contributed by atoms with Gasteiger partial charge in [-0.15, -0.1) is 0 Å². The van der Waals surface area contributed by atoms with Crippen LogP contribution in [-0.2, 0) is 16.2 Å². The lowest BCUT2D eigenvalue weighted by Gasteiger charge is -2.26. The molecule has 4 nitrogen and oxygen atoms in total. The lowest BCUT2D eigenvalue weighted by atomic mass is 10.0. The first-order valence-electron chi connectivity index (χ1n) is 9.32. The Balaban J connectivity index is 1.67. The molecule has 1 heterocycles. The van der Waals surface area contributed by atoms with Crippen LogP contribution in [0, 0.1) is 5.92 Å². The van der Waals surface area contributed by atoms with Crippen molar-refractivity contribution in [1.82, 2.24) is 4.90 Å². The SMILES string of the molecule is CC(C)CC(=O)N(Cc1ccccc1)C[C@@H]1CC(c2ccccc2Cl)=NO1.